The van der Waals surface area contributed by atoms with Gasteiger partial charge in [-0.05, 0) is 6.04 Å². The molecule has 5 nitrogen and oxygen atoms in total. The summed E-state index contributed by atoms with van der Waals surface area (Å²) in [7, 11) is -1.14. The van der Waals surface area contributed by atoms with Gasteiger partial charge in [-0.2, -0.15) is 0 Å². The number of carbonyl (C=O) groups is 1. The van der Waals surface area contributed by atoms with E-state index in [1.165, 1.54) is 0 Å². The molecule has 6 heteroatoms. The lowest BCUT2D eigenvalue weighted by molar-refractivity contribution is 0.114. The van der Waals surface area contributed by atoms with Gasteiger partial charge in [0.15, 0.2) is 0 Å². The first-order valence-electron chi connectivity index (χ1n) is 5.72. The fraction of sp³-hybridized carbons (Fsp3) is 0.900. The van der Waals surface area contributed by atoms with Gasteiger partial charge in [0.25, 0.3) is 0 Å². The van der Waals surface area contributed by atoms with Crippen molar-refractivity contribution in [3.8, 4) is 0 Å². The lowest BCUT2D eigenvalue weighted by atomic mass is 10.2. The van der Waals surface area contributed by atoms with E-state index in [1.807, 2.05) is 0 Å². The van der Waals surface area contributed by atoms with Gasteiger partial charge in [-0.1, -0.05) is 19.6 Å². The third-order valence-electron chi connectivity index (χ3n) is 2.75. The summed E-state index contributed by atoms with van der Waals surface area (Å²) >= 11 is 0. The van der Waals surface area contributed by atoms with Crippen LogP contribution in [0.2, 0.25) is 25.7 Å². The first-order valence-corrected chi connectivity index (χ1v) is 9.43. The number of ether oxygens (including phenoxy) is 1. The second-order valence-corrected chi connectivity index (χ2v) is 11.3. The van der Waals surface area contributed by atoms with Gasteiger partial charge in [-0.3, -0.25) is 0 Å². The highest BCUT2D eigenvalue weighted by Gasteiger charge is 2.31. The molecule has 1 rings (SSSR count). The summed E-state index contributed by atoms with van der Waals surface area (Å²) < 4.78 is 5.21. The summed E-state index contributed by atoms with van der Waals surface area (Å²) in [5.74, 6) is 0. The number of nitrogens with zero attached hydrogens (tertiary/aromatic N) is 1. The highest BCUT2D eigenvalue weighted by Crippen LogP contribution is 2.11. The van der Waals surface area contributed by atoms with Crippen LogP contribution in [0.3, 0.4) is 0 Å². The Balaban J connectivity index is 2.26. The van der Waals surface area contributed by atoms with E-state index in [2.05, 4.69) is 19.6 Å². The fourth-order valence-electron chi connectivity index (χ4n) is 1.54. The van der Waals surface area contributed by atoms with E-state index in [9.17, 15) is 4.79 Å². The van der Waals surface area contributed by atoms with Crippen molar-refractivity contribution < 1.29 is 9.53 Å². The third kappa shape index (κ3) is 4.11. The molecule has 1 aliphatic heterocycles. The van der Waals surface area contributed by atoms with E-state index in [-0.39, 0.29) is 18.2 Å². The molecule has 0 aromatic heterocycles. The Kier molecular flexibility index (Phi) is 4.34. The average molecular weight is 245 g/mol. The summed E-state index contributed by atoms with van der Waals surface area (Å²) in [5, 5.41) is 0. The van der Waals surface area contributed by atoms with E-state index < -0.39 is 8.07 Å². The van der Waals surface area contributed by atoms with E-state index in [4.69, 9.17) is 16.2 Å². The smallest absolute Gasteiger partial charge is 0.409 e. The molecule has 0 unspecified atom stereocenters. The fourth-order valence-corrected chi connectivity index (χ4v) is 2.25. The molecule has 1 aliphatic rings. The van der Waals surface area contributed by atoms with Crippen LogP contribution in [-0.2, 0) is 4.74 Å². The van der Waals surface area contributed by atoms with Crippen LogP contribution in [0.4, 0.5) is 4.79 Å². The van der Waals surface area contributed by atoms with Gasteiger partial charge < -0.3 is 21.1 Å². The van der Waals surface area contributed by atoms with Gasteiger partial charge in [0.05, 0.1) is 6.61 Å². The Hall–Kier alpha value is -0.593. The molecule has 0 radical (unpaired) electrons. The average Bonchev–Trinajstić information content (AvgIpc) is 2.45. The Morgan fingerprint density at radius 3 is 2.25 bits per heavy atom. The van der Waals surface area contributed by atoms with Gasteiger partial charge in [0.1, 0.15) is 0 Å². The largest absolute Gasteiger partial charge is 0.450 e. The molecular weight excluding hydrogens is 222 g/mol. The molecule has 1 fully saturated rings. The summed E-state index contributed by atoms with van der Waals surface area (Å²) in [6.45, 7) is 8.28. The topological polar surface area (TPSA) is 81.6 Å². The number of carbonyl (C=O) groups excluding carboxylic acids is 1. The zero-order valence-electron chi connectivity index (χ0n) is 10.4. The van der Waals surface area contributed by atoms with Crippen molar-refractivity contribution in [1.29, 1.82) is 0 Å². The maximum absolute atomic E-state index is 11.6. The minimum atomic E-state index is -1.14. The van der Waals surface area contributed by atoms with E-state index in [0.29, 0.717) is 19.7 Å². The molecule has 0 bridgehead atoms. The minimum absolute atomic E-state index is 0.121. The summed E-state index contributed by atoms with van der Waals surface area (Å²) in [6.07, 6.45) is -0.276. The van der Waals surface area contributed by atoms with Crippen molar-refractivity contribution in [2.24, 2.45) is 11.5 Å². The zero-order valence-corrected chi connectivity index (χ0v) is 11.4. The molecule has 0 spiro atoms. The van der Waals surface area contributed by atoms with Crippen molar-refractivity contribution in [3.63, 3.8) is 0 Å². The quantitative estimate of drug-likeness (QED) is 0.707. The summed E-state index contributed by atoms with van der Waals surface area (Å²) in [4.78, 5) is 13.2. The molecule has 1 saturated heterocycles. The molecule has 94 valence electrons. The molecular formula is C10H23N3O2Si. The van der Waals surface area contributed by atoms with Crippen LogP contribution < -0.4 is 11.5 Å². The molecule has 0 aliphatic carbocycles. The number of nitrogens with two attached hydrogens (primary N) is 2. The highest BCUT2D eigenvalue weighted by atomic mass is 28.3. The third-order valence-corrected chi connectivity index (χ3v) is 4.45. The van der Waals surface area contributed by atoms with E-state index in [1.54, 1.807) is 4.90 Å². The predicted octanol–water partition coefficient (Wildman–Crippen LogP) is 0.431. The lowest BCUT2D eigenvalue weighted by Gasteiger charge is -2.19. The minimum Gasteiger partial charge on any atom is -0.450 e. The molecule has 0 saturated carbocycles. The molecule has 0 aromatic carbocycles. The maximum atomic E-state index is 11.6. The Morgan fingerprint density at radius 1 is 1.31 bits per heavy atom. The Labute approximate surface area is 98.1 Å². The van der Waals surface area contributed by atoms with E-state index >= 15 is 0 Å². The molecule has 4 N–H and O–H groups in total. The lowest BCUT2D eigenvalue weighted by Crippen LogP contribution is -2.39. The van der Waals surface area contributed by atoms with Gasteiger partial charge in [0, 0.05) is 33.2 Å². The summed E-state index contributed by atoms with van der Waals surface area (Å²) in [5.41, 5.74) is 11.5. The predicted molar refractivity (Wildman–Crippen MR) is 67.0 cm³/mol. The highest BCUT2D eigenvalue weighted by molar-refractivity contribution is 6.76. The van der Waals surface area contributed by atoms with Crippen LogP contribution in [0.1, 0.15) is 0 Å². The first kappa shape index (κ1) is 13.5. The molecule has 1 heterocycles. The van der Waals surface area contributed by atoms with Crippen molar-refractivity contribution >= 4 is 14.2 Å². The Bertz CT molecular complexity index is 245. The monoisotopic (exact) mass is 245 g/mol. The zero-order chi connectivity index (χ0) is 12.3. The van der Waals surface area contributed by atoms with Crippen molar-refractivity contribution in [2.45, 2.75) is 37.8 Å². The number of rotatable bonds is 3. The first-order chi connectivity index (χ1) is 7.29. The van der Waals surface area contributed by atoms with Gasteiger partial charge in [0.2, 0.25) is 0 Å². The van der Waals surface area contributed by atoms with Crippen LogP contribution in [0.25, 0.3) is 0 Å². The van der Waals surface area contributed by atoms with E-state index in [0.717, 1.165) is 6.04 Å². The SMILES string of the molecule is C[Si](C)(C)CCOC(=O)N1C[C@H](N)[C@@H](N)C1. The van der Waals surface area contributed by atoms with Crippen molar-refractivity contribution in [2.75, 3.05) is 19.7 Å². The second kappa shape index (κ2) is 5.16. The standard InChI is InChI=1S/C10H23N3O2Si/c1-16(2,3)5-4-15-10(14)13-6-8(11)9(12)7-13/h8-9H,4-7,11-12H2,1-3H3/t8-,9-/m0/s1. The summed E-state index contributed by atoms with van der Waals surface area (Å²) in [6, 6.07) is 0.749. The molecule has 2 atom stereocenters. The second-order valence-electron chi connectivity index (χ2n) is 5.66. The Morgan fingerprint density at radius 2 is 1.81 bits per heavy atom. The van der Waals surface area contributed by atoms with Crippen LogP contribution in [0.5, 0.6) is 0 Å². The van der Waals surface area contributed by atoms with Crippen LogP contribution in [0, 0.1) is 0 Å². The van der Waals surface area contributed by atoms with Crippen LogP contribution in [-0.4, -0.2) is 50.8 Å². The van der Waals surface area contributed by atoms with Gasteiger partial charge in [-0.15, -0.1) is 0 Å². The number of amides is 1. The molecule has 0 aromatic rings. The van der Waals surface area contributed by atoms with Gasteiger partial charge in [-0.25, -0.2) is 4.79 Å². The van der Waals surface area contributed by atoms with Crippen molar-refractivity contribution in [3.05, 3.63) is 0 Å². The number of hydrogen-bond donors (Lipinski definition) is 2. The van der Waals surface area contributed by atoms with Crippen LogP contribution >= 0.6 is 0 Å². The number of hydrogen-bond acceptors (Lipinski definition) is 4. The maximum Gasteiger partial charge on any atom is 0.409 e. The van der Waals surface area contributed by atoms with Gasteiger partial charge >= 0.3 is 6.09 Å². The van der Waals surface area contributed by atoms with Crippen molar-refractivity contribution in [1.82, 2.24) is 4.90 Å². The molecule has 1 amide bonds. The normalized spacial score (nSPS) is 25.9. The molecule has 16 heavy (non-hydrogen) atoms. The number of likely N-dealkylation sites (tertiary alicyclic amines) is 1. The van der Waals surface area contributed by atoms with Crippen LogP contribution in [0.15, 0.2) is 0 Å².